The van der Waals surface area contributed by atoms with Gasteiger partial charge in [-0.25, -0.2) is 0 Å². The van der Waals surface area contributed by atoms with E-state index in [0.29, 0.717) is 13.1 Å². The van der Waals surface area contributed by atoms with Crippen LogP contribution < -0.4 is 15.0 Å². The fourth-order valence-electron chi connectivity index (χ4n) is 3.01. The quantitative estimate of drug-likeness (QED) is 0.825. The Morgan fingerprint density at radius 3 is 2.59 bits per heavy atom. The van der Waals surface area contributed by atoms with Crippen LogP contribution in [0.4, 0.5) is 5.69 Å². The monoisotopic (exact) mass is 386 g/mol. The van der Waals surface area contributed by atoms with Gasteiger partial charge in [-0.3, -0.25) is 9.59 Å². The number of methoxy groups -OCH3 is 1. The Labute approximate surface area is 162 Å². The lowest BCUT2D eigenvalue weighted by Crippen LogP contribution is -2.44. The normalized spacial score (nSPS) is 19.2. The van der Waals surface area contributed by atoms with E-state index in [1.165, 1.54) is 18.7 Å². The summed E-state index contributed by atoms with van der Waals surface area (Å²) in [6, 6.07) is 14.9. The molecule has 2 N–H and O–H groups in total. The third kappa shape index (κ3) is 4.26. The van der Waals surface area contributed by atoms with Crippen molar-refractivity contribution in [1.82, 2.24) is 5.32 Å². The van der Waals surface area contributed by atoms with Gasteiger partial charge < -0.3 is 20.1 Å². The highest BCUT2D eigenvalue weighted by molar-refractivity contribution is 7.99. The number of carbonyl (C=O) groups is 2. The van der Waals surface area contributed by atoms with Crippen molar-refractivity contribution in [2.24, 2.45) is 0 Å². The summed E-state index contributed by atoms with van der Waals surface area (Å²) in [4.78, 5) is 26.6. The first-order valence-electron chi connectivity index (χ1n) is 8.65. The molecule has 0 unspecified atom stereocenters. The van der Waals surface area contributed by atoms with Gasteiger partial charge in [0.05, 0.1) is 18.0 Å². The second-order valence-electron chi connectivity index (χ2n) is 6.20. The molecule has 2 amide bonds. The molecule has 1 aliphatic rings. The van der Waals surface area contributed by atoms with Crippen LogP contribution in [-0.2, 0) is 9.59 Å². The van der Waals surface area contributed by atoms with Crippen LogP contribution in [0.5, 0.6) is 5.75 Å². The Morgan fingerprint density at radius 2 is 1.93 bits per heavy atom. The smallest absolute Gasteiger partial charge is 0.257 e. The van der Waals surface area contributed by atoms with E-state index in [1.54, 1.807) is 12.0 Å². The predicted octanol–water partition coefficient (Wildman–Crippen LogP) is 2.37. The minimum absolute atomic E-state index is 0.156. The number of rotatable bonds is 5. The average molecular weight is 386 g/mol. The van der Waals surface area contributed by atoms with Crippen molar-refractivity contribution in [3.05, 3.63) is 54.1 Å². The molecular weight excluding hydrogens is 364 g/mol. The van der Waals surface area contributed by atoms with Gasteiger partial charge in [0.25, 0.3) is 5.91 Å². The van der Waals surface area contributed by atoms with Crippen LogP contribution in [0.3, 0.4) is 0 Å². The van der Waals surface area contributed by atoms with Crippen molar-refractivity contribution in [3.63, 3.8) is 0 Å². The molecule has 1 heterocycles. The summed E-state index contributed by atoms with van der Waals surface area (Å²) in [5.41, 5.74) is 1.59. The van der Waals surface area contributed by atoms with Gasteiger partial charge in [-0.2, -0.15) is 0 Å². The largest absolute Gasteiger partial charge is 0.497 e. The molecular formula is C20H22N2O4S. The van der Waals surface area contributed by atoms with E-state index in [1.807, 2.05) is 48.5 Å². The first kappa shape index (κ1) is 19.3. The number of ether oxygens (including phenoxy) is 1. The van der Waals surface area contributed by atoms with Crippen LogP contribution in [0.1, 0.15) is 17.7 Å². The molecule has 0 spiro atoms. The first-order chi connectivity index (χ1) is 13.0. The topological polar surface area (TPSA) is 78.9 Å². The second kappa shape index (κ2) is 8.45. The molecule has 3 rings (SSSR count). The zero-order valence-corrected chi connectivity index (χ0v) is 16.0. The molecule has 142 valence electrons. The van der Waals surface area contributed by atoms with Crippen molar-refractivity contribution in [2.75, 3.05) is 25.1 Å². The van der Waals surface area contributed by atoms with Gasteiger partial charge in [0.15, 0.2) is 0 Å². The number of hydrogen-bond donors (Lipinski definition) is 2. The minimum atomic E-state index is -1.20. The lowest BCUT2D eigenvalue weighted by Gasteiger charge is -2.25. The fourth-order valence-corrected chi connectivity index (χ4v) is 4.28. The van der Waals surface area contributed by atoms with Crippen LogP contribution >= 0.6 is 11.8 Å². The number of hydrogen-bond acceptors (Lipinski definition) is 5. The Kier molecular flexibility index (Phi) is 6.03. The molecule has 0 aromatic heterocycles. The highest BCUT2D eigenvalue weighted by atomic mass is 32.2. The molecule has 7 heteroatoms. The molecule has 0 bridgehead atoms. The van der Waals surface area contributed by atoms with Gasteiger partial charge in [0.1, 0.15) is 11.9 Å². The number of benzene rings is 2. The van der Waals surface area contributed by atoms with Crippen LogP contribution in [0.25, 0.3) is 0 Å². The fraction of sp³-hybridized carbons (Fsp3) is 0.300. The lowest BCUT2D eigenvalue weighted by molar-refractivity contribution is -0.126. The number of amides is 2. The minimum Gasteiger partial charge on any atom is -0.497 e. The maximum absolute atomic E-state index is 13.0. The summed E-state index contributed by atoms with van der Waals surface area (Å²) in [5.74, 6) is 0.186. The van der Waals surface area contributed by atoms with E-state index in [-0.39, 0.29) is 11.8 Å². The number of anilines is 1. The summed E-state index contributed by atoms with van der Waals surface area (Å²) < 4.78 is 5.19. The van der Waals surface area contributed by atoms with Gasteiger partial charge in [-0.15, -0.1) is 11.8 Å². The number of nitrogens with one attached hydrogen (secondary N) is 1. The molecule has 0 saturated heterocycles. The van der Waals surface area contributed by atoms with Crippen LogP contribution in [0.2, 0.25) is 0 Å². The summed E-state index contributed by atoms with van der Waals surface area (Å²) >= 11 is 1.46. The summed E-state index contributed by atoms with van der Waals surface area (Å²) in [6.07, 6.45) is -1.20. The maximum Gasteiger partial charge on any atom is 0.257 e. The third-order valence-corrected chi connectivity index (χ3v) is 5.75. The van der Waals surface area contributed by atoms with Gasteiger partial charge in [-0.1, -0.05) is 24.3 Å². The highest BCUT2D eigenvalue weighted by Crippen LogP contribution is 2.45. The summed E-state index contributed by atoms with van der Waals surface area (Å²) in [7, 11) is 1.59. The molecule has 0 saturated carbocycles. The van der Waals surface area contributed by atoms with Crippen LogP contribution in [0, 0.1) is 0 Å². The van der Waals surface area contributed by atoms with Crippen LogP contribution in [-0.4, -0.2) is 43.2 Å². The third-order valence-electron chi connectivity index (χ3n) is 4.37. The SMILES string of the molecule is COc1ccc([C@@H]2Sc3ccccc3N(CCNC(C)=O)C(=O)[C@@H]2O)cc1. The zero-order chi connectivity index (χ0) is 19.4. The van der Waals surface area contributed by atoms with Gasteiger partial charge in [0, 0.05) is 24.9 Å². The van der Waals surface area contributed by atoms with E-state index < -0.39 is 11.4 Å². The number of fused-ring (bicyclic) bond motifs is 1. The second-order valence-corrected chi connectivity index (χ2v) is 7.38. The van der Waals surface area contributed by atoms with Crippen molar-refractivity contribution < 1.29 is 19.4 Å². The van der Waals surface area contributed by atoms with E-state index in [2.05, 4.69) is 5.32 Å². The van der Waals surface area contributed by atoms with Crippen molar-refractivity contribution in [3.8, 4) is 5.75 Å². The molecule has 6 nitrogen and oxygen atoms in total. The average Bonchev–Trinajstić information content (AvgIpc) is 2.78. The molecule has 2 aromatic rings. The first-order valence-corrected chi connectivity index (χ1v) is 9.52. The van der Waals surface area contributed by atoms with Crippen molar-refractivity contribution in [1.29, 1.82) is 0 Å². The van der Waals surface area contributed by atoms with Gasteiger partial charge in [-0.05, 0) is 29.8 Å². The summed E-state index contributed by atoms with van der Waals surface area (Å²) in [5, 5.41) is 13.1. The number of carbonyl (C=O) groups excluding carboxylic acids is 2. The highest BCUT2D eigenvalue weighted by Gasteiger charge is 2.37. The molecule has 27 heavy (non-hydrogen) atoms. The molecule has 0 fully saturated rings. The van der Waals surface area contributed by atoms with Gasteiger partial charge >= 0.3 is 0 Å². The van der Waals surface area contributed by atoms with E-state index in [4.69, 9.17) is 4.74 Å². The molecule has 0 aliphatic carbocycles. The lowest BCUT2D eigenvalue weighted by atomic mass is 10.1. The number of thioether (sulfide) groups is 1. The standard InChI is InChI=1S/C20H22N2O4S/c1-13(23)21-11-12-22-16-5-3-4-6-17(16)27-19(18(24)20(22)25)14-7-9-15(26-2)10-8-14/h3-10,18-19,24H,11-12H2,1-2H3,(H,21,23)/t18-,19+/m1/s1. The van der Waals surface area contributed by atoms with Crippen LogP contribution in [0.15, 0.2) is 53.4 Å². The number of aliphatic hydroxyl groups is 1. The van der Waals surface area contributed by atoms with Crippen molar-refractivity contribution >= 4 is 29.3 Å². The Morgan fingerprint density at radius 1 is 1.22 bits per heavy atom. The maximum atomic E-state index is 13.0. The van der Waals surface area contributed by atoms with Gasteiger partial charge in [0.2, 0.25) is 5.91 Å². The Hall–Kier alpha value is -2.51. The molecule has 1 aliphatic heterocycles. The van der Waals surface area contributed by atoms with E-state index in [9.17, 15) is 14.7 Å². The Balaban J connectivity index is 1.93. The van der Waals surface area contributed by atoms with E-state index in [0.717, 1.165) is 21.9 Å². The number of nitrogens with zero attached hydrogens (tertiary/aromatic N) is 1. The predicted molar refractivity (Wildman–Crippen MR) is 105 cm³/mol. The van der Waals surface area contributed by atoms with Crippen molar-refractivity contribution in [2.45, 2.75) is 23.2 Å². The van der Waals surface area contributed by atoms with E-state index >= 15 is 0 Å². The molecule has 2 atom stereocenters. The number of para-hydroxylation sites is 1. The Bertz CT molecular complexity index is 825. The molecule has 0 radical (unpaired) electrons. The molecule has 2 aromatic carbocycles. The summed E-state index contributed by atoms with van der Waals surface area (Å²) in [6.45, 7) is 2.05. The zero-order valence-electron chi connectivity index (χ0n) is 15.2. The number of aliphatic hydroxyl groups excluding tert-OH is 1.